The number of rotatable bonds is 1. The number of aliphatic hydroxyl groups excluding tert-OH is 1. The van der Waals surface area contributed by atoms with Gasteiger partial charge in [0.1, 0.15) is 12.7 Å². The zero-order valence-electron chi connectivity index (χ0n) is 20.6. The number of carbonyl (C=O) groups excluding carboxylic acids is 2. The van der Waals surface area contributed by atoms with Gasteiger partial charge in [-0.05, 0) is 72.5 Å². The fourth-order valence-corrected chi connectivity index (χ4v) is 9.80. The highest BCUT2D eigenvalue weighted by atomic mass is 16.6. The Hall–Kier alpha value is -1.36. The average molecular weight is 445 g/mol. The summed E-state index contributed by atoms with van der Waals surface area (Å²) in [6.45, 7) is 13.4. The van der Waals surface area contributed by atoms with Crippen molar-refractivity contribution in [2.75, 3.05) is 6.61 Å². The summed E-state index contributed by atoms with van der Waals surface area (Å²) in [5.41, 5.74) is 1.20. The van der Waals surface area contributed by atoms with E-state index < -0.39 is 17.6 Å². The van der Waals surface area contributed by atoms with Crippen molar-refractivity contribution in [3.8, 4) is 0 Å². The second-order valence-electron chi connectivity index (χ2n) is 12.9. The third-order valence-electron chi connectivity index (χ3n) is 11.1. The average Bonchev–Trinajstić information content (AvgIpc) is 3.08. The summed E-state index contributed by atoms with van der Waals surface area (Å²) in [6, 6.07) is 0. The van der Waals surface area contributed by atoms with Crippen LogP contribution in [-0.2, 0) is 19.1 Å². The van der Waals surface area contributed by atoms with E-state index in [9.17, 15) is 14.7 Å². The van der Waals surface area contributed by atoms with E-state index in [-0.39, 0.29) is 35.3 Å². The van der Waals surface area contributed by atoms with Gasteiger partial charge in [-0.25, -0.2) is 4.79 Å². The summed E-state index contributed by atoms with van der Waals surface area (Å²) in [4.78, 5) is 24.9. The van der Waals surface area contributed by atoms with Crippen LogP contribution in [0.2, 0.25) is 0 Å². The van der Waals surface area contributed by atoms with Gasteiger partial charge < -0.3 is 14.6 Å². The van der Waals surface area contributed by atoms with Crippen molar-refractivity contribution in [2.24, 2.45) is 39.4 Å². The van der Waals surface area contributed by atoms with Crippen molar-refractivity contribution in [1.29, 1.82) is 0 Å². The van der Waals surface area contributed by atoms with Gasteiger partial charge in [-0.15, -0.1) is 0 Å². The molecule has 0 unspecified atom stereocenters. The number of ether oxygens (including phenoxy) is 2. The minimum atomic E-state index is -0.655. The molecule has 0 aromatic heterocycles. The monoisotopic (exact) mass is 444 g/mol. The number of esters is 2. The Morgan fingerprint density at radius 3 is 2.38 bits per heavy atom. The lowest BCUT2D eigenvalue weighted by molar-refractivity contribution is -0.223. The van der Waals surface area contributed by atoms with Crippen LogP contribution in [0.5, 0.6) is 0 Å². The molecular formula is C27H40O5. The van der Waals surface area contributed by atoms with Crippen LogP contribution in [0, 0.1) is 39.4 Å². The minimum Gasteiger partial charge on any atom is -0.458 e. The fourth-order valence-electron chi connectivity index (χ4n) is 9.80. The van der Waals surface area contributed by atoms with Gasteiger partial charge >= 0.3 is 11.9 Å². The van der Waals surface area contributed by atoms with E-state index in [0.717, 1.165) is 18.4 Å². The highest BCUT2D eigenvalue weighted by Crippen LogP contribution is 2.73. The van der Waals surface area contributed by atoms with Gasteiger partial charge in [0.2, 0.25) is 0 Å². The largest absolute Gasteiger partial charge is 0.458 e. The second-order valence-corrected chi connectivity index (χ2v) is 12.9. The number of aliphatic hydroxyl groups is 1. The molecule has 0 radical (unpaired) electrons. The molecule has 32 heavy (non-hydrogen) atoms. The maximum atomic E-state index is 13.0. The van der Waals surface area contributed by atoms with E-state index in [1.165, 1.54) is 32.6 Å². The van der Waals surface area contributed by atoms with E-state index in [2.05, 4.69) is 34.6 Å². The van der Waals surface area contributed by atoms with Crippen LogP contribution in [0.25, 0.3) is 0 Å². The number of cyclic esters (lactones) is 1. The van der Waals surface area contributed by atoms with E-state index in [1.807, 2.05) is 0 Å². The van der Waals surface area contributed by atoms with E-state index >= 15 is 0 Å². The first kappa shape index (κ1) is 22.4. The topological polar surface area (TPSA) is 72.8 Å². The third-order valence-corrected chi connectivity index (χ3v) is 11.1. The maximum Gasteiger partial charge on any atom is 0.335 e. The number of hydrogen-bond donors (Lipinski definition) is 1. The van der Waals surface area contributed by atoms with Crippen molar-refractivity contribution in [1.82, 2.24) is 0 Å². The van der Waals surface area contributed by atoms with Crippen molar-refractivity contribution in [3.05, 3.63) is 11.1 Å². The summed E-state index contributed by atoms with van der Waals surface area (Å²) in [6.07, 6.45) is 6.38. The first-order chi connectivity index (χ1) is 14.9. The number of fused-ring (bicyclic) bond motifs is 6. The summed E-state index contributed by atoms with van der Waals surface area (Å²) < 4.78 is 11.2. The molecule has 8 atom stereocenters. The molecule has 0 bridgehead atoms. The molecule has 178 valence electrons. The Morgan fingerprint density at radius 2 is 1.69 bits per heavy atom. The van der Waals surface area contributed by atoms with Crippen LogP contribution in [0.3, 0.4) is 0 Å². The summed E-state index contributed by atoms with van der Waals surface area (Å²) >= 11 is 0. The lowest BCUT2D eigenvalue weighted by Gasteiger charge is -2.70. The van der Waals surface area contributed by atoms with Crippen LogP contribution >= 0.6 is 0 Å². The molecule has 5 heteroatoms. The predicted molar refractivity (Wildman–Crippen MR) is 120 cm³/mol. The molecule has 0 aromatic carbocycles. The standard InChI is InChI=1S/C27H40O5/c1-15(28)32-17-12-20-26(5)11-8-18-24(2,3)9-7-10-25(18,4)19(26)13-21(29)27(20,6)22-16(17)14-31-23(22)30/h17-21,29H,7-14H2,1-6H3/t17-,18-,19+,20-,21+,25-,26+,27+/m0/s1. The Kier molecular flexibility index (Phi) is 4.79. The first-order valence-electron chi connectivity index (χ1n) is 12.6. The molecule has 0 saturated heterocycles. The van der Waals surface area contributed by atoms with E-state index in [0.29, 0.717) is 29.2 Å². The van der Waals surface area contributed by atoms with Crippen molar-refractivity contribution < 1.29 is 24.2 Å². The van der Waals surface area contributed by atoms with Crippen molar-refractivity contribution in [2.45, 2.75) is 98.7 Å². The van der Waals surface area contributed by atoms with Crippen molar-refractivity contribution >= 4 is 11.9 Å². The smallest absolute Gasteiger partial charge is 0.335 e. The van der Waals surface area contributed by atoms with E-state index in [4.69, 9.17) is 9.47 Å². The van der Waals surface area contributed by atoms with Crippen molar-refractivity contribution in [3.63, 3.8) is 0 Å². The molecule has 5 aliphatic rings. The molecule has 3 saturated carbocycles. The molecule has 1 heterocycles. The van der Waals surface area contributed by atoms with Gasteiger partial charge in [0.25, 0.3) is 0 Å². The molecule has 5 nitrogen and oxygen atoms in total. The molecule has 4 aliphatic carbocycles. The Balaban J connectivity index is 1.62. The zero-order chi connectivity index (χ0) is 23.3. The van der Waals surface area contributed by atoms with Gasteiger partial charge in [-0.3, -0.25) is 4.79 Å². The SMILES string of the molecule is CC(=O)O[C@H]1C[C@H]2[C@]3(C)CC[C@H]4C(C)(C)CCC[C@]4(C)[C@H]3C[C@@H](O)[C@]2(C)C2=C1COC2=O. The molecule has 0 amide bonds. The Bertz CT molecular complexity index is 888. The molecule has 1 aliphatic heterocycles. The normalized spacial score (nSPS) is 49.3. The molecule has 1 N–H and O–H groups in total. The van der Waals surface area contributed by atoms with Crippen LogP contribution < -0.4 is 0 Å². The maximum absolute atomic E-state index is 13.0. The van der Waals surface area contributed by atoms with E-state index in [1.54, 1.807) is 0 Å². The van der Waals surface area contributed by atoms with Gasteiger partial charge in [-0.2, -0.15) is 0 Å². The summed E-state index contributed by atoms with van der Waals surface area (Å²) in [7, 11) is 0. The van der Waals surface area contributed by atoms with Gasteiger partial charge in [0.05, 0.1) is 11.7 Å². The van der Waals surface area contributed by atoms with Gasteiger partial charge in [0.15, 0.2) is 0 Å². The van der Waals surface area contributed by atoms with Gasteiger partial charge in [0, 0.05) is 17.9 Å². The number of hydrogen-bond acceptors (Lipinski definition) is 5. The lowest BCUT2D eigenvalue weighted by atomic mass is 9.35. The Morgan fingerprint density at radius 1 is 1.00 bits per heavy atom. The van der Waals surface area contributed by atoms with Crippen LogP contribution in [-0.4, -0.2) is 35.9 Å². The highest BCUT2D eigenvalue weighted by molar-refractivity contribution is 5.94. The quantitative estimate of drug-likeness (QED) is 0.588. The van der Waals surface area contributed by atoms with Crippen LogP contribution in [0.15, 0.2) is 11.1 Å². The molecule has 0 aromatic rings. The first-order valence-corrected chi connectivity index (χ1v) is 12.6. The number of carbonyl (C=O) groups is 2. The van der Waals surface area contributed by atoms with Crippen LogP contribution in [0.4, 0.5) is 0 Å². The summed E-state index contributed by atoms with van der Waals surface area (Å²) in [5.74, 6) is 0.452. The fraction of sp³-hybridized carbons (Fsp3) is 0.852. The third kappa shape index (κ3) is 2.72. The minimum absolute atomic E-state index is 0.0214. The highest BCUT2D eigenvalue weighted by Gasteiger charge is 2.69. The molecular weight excluding hydrogens is 404 g/mol. The Labute approximate surface area is 192 Å². The predicted octanol–water partition coefficient (Wildman–Crippen LogP) is 4.81. The summed E-state index contributed by atoms with van der Waals surface area (Å²) in [5, 5.41) is 11.7. The molecule has 3 fully saturated rings. The van der Waals surface area contributed by atoms with Gasteiger partial charge in [-0.1, -0.05) is 41.0 Å². The second kappa shape index (κ2) is 6.84. The molecule has 5 rings (SSSR count). The van der Waals surface area contributed by atoms with Crippen LogP contribution in [0.1, 0.15) is 86.5 Å². The molecule has 0 spiro atoms. The zero-order valence-corrected chi connectivity index (χ0v) is 20.6. The lowest BCUT2D eigenvalue weighted by Crippen LogP contribution is -2.66.